The van der Waals surface area contributed by atoms with Crippen molar-refractivity contribution in [2.75, 3.05) is 0 Å². The Hall–Kier alpha value is -0.900. The lowest BCUT2D eigenvalue weighted by Gasteiger charge is -2.11. The Balaban J connectivity index is 1.85. The Bertz CT molecular complexity index is 328. The summed E-state index contributed by atoms with van der Waals surface area (Å²) in [6.45, 7) is 5.34. The number of nitrogens with two attached hydrogens (primary N) is 1. The summed E-state index contributed by atoms with van der Waals surface area (Å²) >= 11 is 0. The van der Waals surface area contributed by atoms with Crippen LogP contribution in [0, 0.1) is 11.8 Å². The molecular formula is C12H22N4. The van der Waals surface area contributed by atoms with Crippen molar-refractivity contribution < 1.29 is 0 Å². The van der Waals surface area contributed by atoms with E-state index in [9.17, 15) is 0 Å². The van der Waals surface area contributed by atoms with Gasteiger partial charge in [-0.15, -0.1) is 0 Å². The van der Waals surface area contributed by atoms with E-state index in [0.29, 0.717) is 12.0 Å². The van der Waals surface area contributed by atoms with E-state index in [2.05, 4.69) is 23.9 Å². The van der Waals surface area contributed by atoms with E-state index in [-0.39, 0.29) is 0 Å². The summed E-state index contributed by atoms with van der Waals surface area (Å²) < 4.78 is 2.02. The standard InChI is InChI=1S/C12H22N4/c1-9(2)7-16-12(14-8-15-16)6-5-11(13)10-3-4-10/h8-11H,3-7,13H2,1-2H3. The van der Waals surface area contributed by atoms with Crippen LogP contribution < -0.4 is 5.73 Å². The third kappa shape index (κ3) is 3.04. The van der Waals surface area contributed by atoms with Crippen molar-refractivity contribution in [2.45, 2.75) is 52.1 Å². The van der Waals surface area contributed by atoms with Gasteiger partial charge in [0.2, 0.25) is 0 Å². The van der Waals surface area contributed by atoms with Gasteiger partial charge in [-0.05, 0) is 31.1 Å². The first-order valence-electron chi connectivity index (χ1n) is 6.29. The second-order valence-electron chi connectivity index (χ2n) is 5.29. The zero-order valence-electron chi connectivity index (χ0n) is 10.3. The molecule has 1 saturated carbocycles. The fourth-order valence-electron chi connectivity index (χ4n) is 2.04. The second kappa shape index (κ2) is 4.95. The van der Waals surface area contributed by atoms with Crippen molar-refractivity contribution in [3.63, 3.8) is 0 Å². The fraction of sp³-hybridized carbons (Fsp3) is 0.833. The maximum absolute atomic E-state index is 6.09. The summed E-state index contributed by atoms with van der Waals surface area (Å²) in [6, 6.07) is 0.365. The summed E-state index contributed by atoms with van der Waals surface area (Å²) in [4.78, 5) is 4.32. The van der Waals surface area contributed by atoms with Crippen LogP contribution in [0.25, 0.3) is 0 Å². The van der Waals surface area contributed by atoms with Gasteiger partial charge in [-0.1, -0.05) is 13.8 Å². The highest BCUT2D eigenvalue weighted by atomic mass is 15.3. The minimum atomic E-state index is 0.365. The largest absolute Gasteiger partial charge is 0.327 e. The Morgan fingerprint density at radius 1 is 1.50 bits per heavy atom. The van der Waals surface area contributed by atoms with Gasteiger partial charge < -0.3 is 5.73 Å². The van der Waals surface area contributed by atoms with Crippen LogP contribution in [0.2, 0.25) is 0 Å². The van der Waals surface area contributed by atoms with Crippen LogP contribution >= 0.6 is 0 Å². The molecule has 16 heavy (non-hydrogen) atoms. The molecule has 1 aliphatic carbocycles. The Kier molecular flexibility index (Phi) is 3.59. The lowest BCUT2D eigenvalue weighted by atomic mass is 10.1. The molecule has 2 rings (SSSR count). The molecule has 1 fully saturated rings. The van der Waals surface area contributed by atoms with Gasteiger partial charge >= 0.3 is 0 Å². The molecule has 0 saturated heterocycles. The monoisotopic (exact) mass is 222 g/mol. The van der Waals surface area contributed by atoms with Crippen LogP contribution in [0.3, 0.4) is 0 Å². The van der Waals surface area contributed by atoms with Gasteiger partial charge in [0.15, 0.2) is 0 Å². The number of hydrogen-bond donors (Lipinski definition) is 1. The van der Waals surface area contributed by atoms with Gasteiger partial charge in [0, 0.05) is 19.0 Å². The van der Waals surface area contributed by atoms with Crippen LogP contribution in [-0.4, -0.2) is 20.8 Å². The van der Waals surface area contributed by atoms with Crippen LogP contribution in [0.4, 0.5) is 0 Å². The summed E-state index contributed by atoms with van der Waals surface area (Å²) in [5, 5.41) is 4.26. The quantitative estimate of drug-likeness (QED) is 0.795. The molecule has 1 aliphatic rings. The van der Waals surface area contributed by atoms with E-state index < -0.39 is 0 Å². The highest BCUT2D eigenvalue weighted by Crippen LogP contribution is 2.33. The average Bonchev–Trinajstić information content (AvgIpc) is 2.98. The lowest BCUT2D eigenvalue weighted by Crippen LogP contribution is -2.24. The van der Waals surface area contributed by atoms with E-state index in [1.807, 2.05) is 4.68 Å². The van der Waals surface area contributed by atoms with E-state index >= 15 is 0 Å². The molecule has 1 aromatic rings. The van der Waals surface area contributed by atoms with Gasteiger partial charge in [0.1, 0.15) is 12.2 Å². The second-order valence-corrected chi connectivity index (χ2v) is 5.29. The Morgan fingerprint density at radius 3 is 2.88 bits per heavy atom. The summed E-state index contributed by atoms with van der Waals surface area (Å²) in [5.41, 5.74) is 6.09. The van der Waals surface area contributed by atoms with Crippen molar-refractivity contribution in [1.82, 2.24) is 14.8 Å². The van der Waals surface area contributed by atoms with Gasteiger partial charge in [0.25, 0.3) is 0 Å². The van der Waals surface area contributed by atoms with E-state index in [1.165, 1.54) is 12.8 Å². The molecule has 1 heterocycles. The van der Waals surface area contributed by atoms with Gasteiger partial charge in [-0.3, -0.25) is 0 Å². The van der Waals surface area contributed by atoms with Crippen LogP contribution in [0.5, 0.6) is 0 Å². The molecule has 1 atom stereocenters. The number of hydrogen-bond acceptors (Lipinski definition) is 3. The third-order valence-corrected chi connectivity index (χ3v) is 3.16. The predicted octanol–water partition coefficient (Wildman–Crippen LogP) is 1.60. The first-order valence-corrected chi connectivity index (χ1v) is 6.29. The van der Waals surface area contributed by atoms with Gasteiger partial charge in [0.05, 0.1) is 0 Å². The number of aryl methyl sites for hydroxylation is 1. The maximum Gasteiger partial charge on any atom is 0.138 e. The zero-order valence-corrected chi connectivity index (χ0v) is 10.3. The van der Waals surface area contributed by atoms with Crippen molar-refractivity contribution >= 4 is 0 Å². The molecule has 0 aromatic carbocycles. The zero-order chi connectivity index (χ0) is 11.5. The smallest absolute Gasteiger partial charge is 0.138 e. The Labute approximate surface area is 97.2 Å². The van der Waals surface area contributed by atoms with Crippen LogP contribution in [0.1, 0.15) is 38.9 Å². The molecule has 0 spiro atoms. The molecule has 0 radical (unpaired) electrons. The van der Waals surface area contributed by atoms with Crippen molar-refractivity contribution in [3.05, 3.63) is 12.2 Å². The molecule has 4 heteroatoms. The Morgan fingerprint density at radius 2 is 2.25 bits per heavy atom. The number of aromatic nitrogens is 3. The summed E-state index contributed by atoms with van der Waals surface area (Å²) in [7, 11) is 0. The van der Waals surface area contributed by atoms with E-state index in [0.717, 1.165) is 31.1 Å². The highest BCUT2D eigenvalue weighted by Gasteiger charge is 2.28. The van der Waals surface area contributed by atoms with E-state index in [4.69, 9.17) is 5.73 Å². The third-order valence-electron chi connectivity index (χ3n) is 3.16. The minimum Gasteiger partial charge on any atom is -0.327 e. The molecule has 2 N–H and O–H groups in total. The van der Waals surface area contributed by atoms with Gasteiger partial charge in [-0.2, -0.15) is 5.10 Å². The summed E-state index contributed by atoms with van der Waals surface area (Å²) in [5.74, 6) is 2.48. The van der Waals surface area contributed by atoms with Crippen molar-refractivity contribution in [3.8, 4) is 0 Å². The highest BCUT2D eigenvalue weighted by molar-refractivity contribution is 4.90. The maximum atomic E-state index is 6.09. The van der Waals surface area contributed by atoms with Crippen molar-refractivity contribution in [1.29, 1.82) is 0 Å². The number of nitrogens with zero attached hydrogens (tertiary/aromatic N) is 3. The molecule has 90 valence electrons. The van der Waals surface area contributed by atoms with Crippen LogP contribution in [-0.2, 0) is 13.0 Å². The SMILES string of the molecule is CC(C)Cn1ncnc1CCC(N)C1CC1. The predicted molar refractivity (Wildman–Crippen MR) is 63.9 cm³/mol. The molecule has 0 bridgehead atoms. The van der Waals surface area contributed by atoms with Gasteiger partial charge in [-0.25, -0.2) is 9.67 Å². The first-order chi connectivity index (χ1) is 7.66. The molecule has 1 unspecified atom stereocenters. The normalized spacial score (nSPS) is 18.0. The molecule has 1 aromatic heterocycles. The first kappa shape index (κ1) is 11.6. The summed E-state index contributed by atoms with van der Waals surface area (Å²) in [6.07, 6.45) is 6.30. The van der Waals surface area contributed by atoms with Crippen molar-refractivity contribution in [2.24, 2.45) is 17.6 Å². The number of rotatable bonds is 6. The molecule has 4 nitrogen and oxygen atoms in total. The minimum absolute atomic E-state index is 0.365. The topological polar surface area (TPSA) is 56.7 Å². The molecular weight excluding hydrogens is 200 g/mol. The fourth-order valence-corrected chi connectivity index (χ4v) is 2.04. The molecule has 0 amide bonds. The van der Waals surface area contributed by atoms with E-state index in [1.54, 1.807) is 6.33 Å². The molecule has 0 aliphatic heterocycles. The van der Waals surface area contributed by atoms with Crippen LogP contribution in [0.15, 0.2) is 6.33 Å². The lowest BCUT2D eigenvalue weighted by molar-refractivity contribution is 0.454. The average molecular weight is 222 g/mol.